The van der Waals surface area contributed by atoms with Crippen LogP contribution in [0.25, 0.3) is 0 Å². The number of ether oxygens (including phenoxy) is 1. The lowest BCUT2D eigenvalue weighted by atomic mass is 9.63. The molecule has 0 amide bonds. The number of benzene rings is 1. The second-order valence-corrected chi connectivity index (χ2v) is 6.90. The van der Waals surface area contributed by atoms with E-state index in [-0.39, 0.29) is 18.0 Å². The lowest BCUT2D eigenvalue weighted by Gasteiger charge is -2.44. The van der Waals surface area contributed by atoms with E-state index in [1.165, 1.54) is 32.9 Å². The largest absolute Gasteiger partial charge is 0.478 e. The van der Waals surface area contributed by atoms with Crippen LogP contribution in [0.4, 0.5) is 17.6 Å². The van der Waals surface area contributed by atoms with Crippen LogP contribution in [0.5, 0.6) is 0 Å². The number of carboxylic acid groups (broad SMARTS) is 2. The molecule has 0 aliphatic carbocycles. The Kier molecular flexibility index (Phi) is 6.31. The van der Waals surface area contributed by atoms with Crippen molar-refractivity contribution in [1.29, 1.82) is 0 Å². The molecule has 1 aliphatic rings. The molecule has 0 atom stereocenters. The molecule has 30 heavy (non-hydrogen) atoms. The Morgan fingerprint density at radius 3 is 2.00 bits per heavy atom. The molecule has 164 valence electrons. The second-order valence-electron chi connectivity index (χ2n) is 6.90. The van der Waals surface area contributed by atoms with Gasteiger partial charge in [-0.2, -0.15) is 13.2 Å². The fourth-order valence-corrected chi connectivity index (χ4v) is 3.99. The molecule has 1 heterocycles. The van der Waals surface area contributed by atoms with Crippen molar-refractivity contribution in [3.05, 3.63) is 57.7 Å². The minimum atomic E-state index is -5.06. The van der Waals surface area contributed by atoms with Crippen molar-refractivity contribution >= 4 is 11.9 Å². The fraction of sp³-hybridized carbons (Fsp3) is 0.400. The summed E-state index contributed by atoms with van der Waals surface area (Å²) in [5.41, 5.74) is -5.39. The zero-order valence-electron chi connectivity index (χ0n) is 16.7. The maximum absolute atomic E-state index is 15.2. The molecule has 1 aliphatic heterocycles. The number of allylic oxidation sites excluding steroid dienone is 2. The third-order valence-corrected chi connectivity index (χ3v) is 5.46. The number of carboxylic acids is 2. The molecular weight excluding hydrogens is 410 g/mol. The summed E-state index contributed by atoms with van der Waals surface area (Å²) in [5.74, 6) is -4.86. The molecule has 2 N–H and O–H groups in total. The zero-order valence-corrected chi connectivity index (χ0v) is 16.7. The van der Waals surface area contributed by atoms with Crippen LogP contribution in [0.3, 0.4) is 0 Å². The monoisotopic (exact) mass is 431 g/mol. The number of hydrogen-bond donors (Lipinski definition) is 2. The third kappa shape index (κ3) is 3.55. The van der Waals surface area contributed by atoms with E-state index in [9.17, 15) is 33.0 Å². The van der Waals surface area contributed by atoms with Gasteiger partial charge >= 0.3 is 18.1 Å². The van der Waals surface area contributed by atoms with Gasteiger partial charge in [0.2, 0.25) is 0 Å². The highest BCUT2D eigenvalue weighted by Gasteiger charge is 2.53. The average Bonchev–Trinajstić information content (AvgIpc) is 2.62. The Labute approximate surface area is 170 Å². The highest BCUT2D eigenvalue weighted by Crippen LogP contribution is 2.51. The van der Waals surface area contributed by atoms with E-state index in [4.69, 9.17) is 4.74 Å². The summed E-state index contributed by atoms with van der Waals surface area (Å²) in [6.45, 7) is 2.55. The number of hydrogen-bond acceptors (Lipinski definition) is 4. The number of rotatable bonds is 6. The molecule has 0 spiro atoms. The lowest BCUT2D eigenvalue weighted by molar-refractivity contribution is -0.140. The van der Waals surface area contributed by atoms with Gasteiger partial charge in [0.1, 0.15) is 5.82 Å². The van der Waals surface area contributed by atoms with Crippen molar-refractivity contribution in [2.24, 2.45) is 0 Å². The van der Waals surface area contributed by atoms with Crippen molar-refractivity contribution in [2.75, 3.05) is 20.8 Å². The first kappa shape index (κ1) is 23.4. The summed E-state index contributed by atoms with van der Waals surface area (Å²) >= 11 is 0. The van der Waals surface area contributed by atoms with E-state index in [2.05, 4.69) is 0 Å². The first-order valence-electron chi connectivity index (χ1n) is 8.80. The topological polar surface area (TPSA) is 87.1 Å². The molecular formula is C20H21F4NO5. The Morgan fingerprint density at radius 1 is 1.10 bits per heavy atom. The first-order valence-corrected chi connectivity index (χ1v) is 8.80. The number of alkyl halides is 3. The first-order chi connectivity index (χ1) is 13.8. The predicted octanol–water partition coefficient (Wildman–Crippen LogP) is 3.78. The van der Waals surface area contributed by atoms with Crippen LogP contribution in [-0.4, -0.2) is 47.8 Å². The van der Waals surface area contributed by atoms with Gasteiger partial charge in [-0.1, -0.05) is 12.1 Å². The van der Waals surface area contributed by atoms with Gasteiger partial charge in [0.25, 0.3) is 0 Å². The van der Waals surface area contributed by atoms with E-state index in [1.807, 2.05) is 0 Å². The zero-order chi connectivity index (χ0) is 23.0. The molecule has 2 rings (SSSR count). The minimum Gasteiger partial charge on any atom is -0.478 e. The summed E-state index contributed by atoms with van der Waals surface area (Å²) in [6.07, 6.45) is -5.45. The maximum atomic E-state index is 15.2. The predicted molar refractivity (Wildman–Crippen MR) is 98.0 cm³/mol. The van der Waals surface area contributed by atoms with Gasteiger partial charge in [0, 0.05) is 37.7 Å². The number of nitrogens with zero attached hydrogens (tertiary/aromatic N) is 1. The summed E-state index contributed by atoms with van der Waals surface area (Å²) in [4.78, 5) is 25.8. The molecule has 0 saturated heterocycles. The smallest absolute Gasteiger partial charge is 0.419 e. The van der Waals surface area contributed by atoms with Crippen LogP contribution in [0.1, 0.15) is 31.4 Å². The van der Waals surface area contributed by atoms with E-state index in [1.54, 1.807) is 0 Å². The molecule has 0 saturated carbocycles. The van der Waals surface area contributed by atoms with E-state index >= 15 is 4.39 Å². The van der Waals surface area contributed by atoms with Crippen molar-refractivity contribution in [3.63, 3.8) is 0 Å². The van der Waals surface area contributed by atoms with Crippen LogP contribution in [0.15, 0.2) is 40.7 Å². The van der Waals surface area contributed by atoms with Crippen LogP contribution < -0.4 is 0 Å². The third-order valence-electron chi connectivity index (χ3n) is 5.46. The van der Waals surface area contributed by atoms with Gasteiger partial charge in [-0.3, -0.25) is 0 Å². The molecule has 0 bridgehead atoms. The maximum Gasteiger partial charge on any atom is 0.419 e. The Morgan fingerprint density at radius 2 is 1.60 bits per heavy atom. The van der Waals surface area contributed by atoms with Crippen molar-refractivity contribution in [3.8, 4) is 0 Å². The molecule has 0 radical (unpaired) electrons. The van der Waals surface area contributed by atoms with Gasteiger partial charge in [-0.05, 0) is 26.3 Å². The van der Waals surface area contributed by atoms with E-state index < -0.39 is 58.0 Å². The Bertz CT molecular complexity index is 911. The van der Waals surface area contributed by atoms with E-state index in [0.29, 0.717) is 6.07 Å². The molecule has 1 aromatic rings. The molecule has 6 nitrogen and oxygen atoms in total. The summed E-state index contributed by atoms with van der Waals surface area (Å²) in [7, 11) is 2.69. The minimum absolute atomic E-state index is 0.0814. The number of aliphatic carboxylic acids is 2. The lowest BCUT2D eigenvalue weighted by Crippen LogP contribution is -2.46. The SMILES string of the molecule is COCCC1(c2cccc(C(F)(F)F)c2F)C(C(=O)O)=C(C)N(C)C(C)=C1C(=O)O. The molecule has 0 fully saturated rings. The van der Waals surface area contributed by atoms with Crippen LogP contribution in [-0.2, 0) is 25.9 Å². The Hall–Kier alpha value is -2.88. The number of halogens is 4. The summed E-state index contributed by atoms with van der Waals surface area (Å²) in [5, 5.41) is 19.9. The van der Waals surface area contributed by atoms with Gasteiger partial charge in [0.15, 0.2) is 0 Å². The van der Waals surface area contributed by atoms with Crippen molar-refractivity contribution in [1.82, 2.24) is 4.90 Å². The highest BCUT2D eigenvalue weighted by atomic mass is 19.4. The highest BCUT2D eigenvalue weighted by molar-refractivity contribution is 6.00. The quantitative estimate of drug-likeness (QED) is 0.667. The van der Waals surface area contributed by atoms with E-state index in [0.717, 1.165) is 12.1 Å². The van der Waals surface area contributed by atoms with Crippen molar-refractivity contribution < 1.29 is 42.1 Å². The Balaban J connectivity index is 3.10. The fourth-order valence-electron chi connectivity index (χ4n) is 3.99. The van der Waals surface area contributed by atoms with Crippen LogP contribution in [0.2, 0.25) is 0 Å². The van der Waals surface area contributed by atoms with Gasteiger partial charge in [-0.15, -0.1) is 0 Å². The standard InChI is InChI=1S/C20H21F4NO5/c1-10-14(17(26)27)19(8-9-30-4,15(18(28)29)11(2)25(10)3)12-6-5-7-13(16(12)21)20(22,23)24/h5-7H,8-9H2,1-4H3,(H,26,27)(H,28,29). The molecule has 1 aromatic carbocycles. The normalized spacial score (nSPS) is 16.9. The van der Waals surface area contributed by atoms with Crippen LogP contribution >= 0.6 is 0 Å². The second kappa shape index (κ2) is 8.10. The summed E-state index contributed by atoms with van der Waals surface area (Å²) < 4.78 is 60.3. The van der Waals surface area contributed by atoms with Gasteiger partial charge in [-0.25, -0.2) is 14.0 Å². The van der Waals surface area contributed by atoms with Crippen LogP contribution in [0, 0.1) is 5.82 Å². The average molecular weight is 431 g/mol. The molecule has 0 unspecified atom stereocenters. The van der Waals surface area contributed by atoms with Crippen molar-refractivity contribution in [2.45, 2.75) is 31.9 Å². The summed E-state index contributed by atoms with van der Waals surface area (Å²) in [6, 6.07) is 2.43. The molecule has 0 aromatic heterocycles. The number of carbonyl (C=O) groups is 2. The van der Waals surface area contributed by atoms with Gasteiger partial charge < -0.3 is 19.8 Å². The molecule has 10 heteroatoms. The number of methoxy groups -OCH3 is 1. The van der Waals surface area contributed by atoms with Gasteiger partial charge in [0.05, 0.1) is 22.1 Å².